The highest BCUT2D eigenvalue weighted by Crippen LogP contribution is 2.31. The molecule has 0 bridgehead atoms. The summed E-state index contributed by atoms with van der Waals surface area (Å²) in [4.78, 5) is 28.6. The molecule has 1 aromatic carbocycles. The van der Waals surface area contributed by atoms with Crippen molar-refractivity contribution in [3.63, 3.8) is 0 Å². The summed E-state index contributed by atoms with van der Waals surface area (Å²) in [5.74, 6) is -6.44. The number of anilines is 3. The fraction of sp³-hybridized carbons (Fsp3) is 0.240. The highest BCUT2D eigenvalue weighted by Gasteiger charge is 2.38. The molecule has 4 aromatic rings. The lowest BCUT2D eigenvalue weighted by Gasteiger charge is -2.21. The van der Waals surface area contributed by atoms with E-state index < -0.39 is 35.9 Å². The van der Waals surface area contributed by atoms with Crippen LogP contribution >= 0.6 is 0 Å². The van der Waals surface area contributed by atoms with Gasteiger partial charge in [0, 0.05) is 25.3 Å². The average Bonchev–Trinajstić information content (AvgIpc) is 3.54. The van der Waals surface area contributed by atoms with Crippen LogP contribution in [0.4, 0.5) is 52.4 Å². The van der Waals surface area contributed by atoms with Crippen molar-refractivity contribution in [3.8, 4) is 11.3 Å². The Labute approximate surface area is 241 Å². The van der Waals surface area contributed by atoms with Crippen molar-refractivity contribution in [1.29, 1.82) is 0 Å². The summed E-state index contributed by atoms with van der Waals surface area (Å²) in [7, 11) is 0. The SMILES string of the molecule is N[C@H]1CCN(c2ccncc2Nc2ncc3ccc(-c4c(F)cccc4F)nn23)C1.O=C(O)C(F)(F)F.O=C(O)C(F)(F)F. The summed E-state index contributed by atoms with van der Waals surface area (Å²) in [6, 6.07) is 9.09. The number of rotatable bonds is 4. The van der Waals surface area contributed by atoms with Crippen molar-refractivity contribution < 1.29 is 54.9 Å². The number of aliphatic carboxylic acids is 2. The Kier molecular flexibility index (Phi) is 10.2. The number of nitrogens with two attached hydrogens (primary N) is 1. The van der Waals surface area contributed by atoms with E-state index in [0.717, 1.165) is 30.9 Å². The summed E-state index contributed by atoms with van der Waals surface area (Å²) in [5, 5.41) is 21.9. The zero-order chi connectivity index (χ0) is 32.8. The first-order chi connectivity index (χ1) is 20.5. The van der Waals surface area contributed by atoms with E-state index in [1.807, 2.05) is 6.07 Å². The third-order valence-corrected chi connectivity index (χ3v) is 5.70. The van der Waals surface area contributed by atoms with Gasteiger partial charge >= 0.3 is 24.3 Å². The number of alkyl halides is 6. The summed E-state index contributed by atoms with van der Waals surface area (Å²) in [5.41, 5.74) is 8.46. The van der Waals surface area contributed by atoms with E-state index in [2.05, 4.69) is 25.3 Å². The van der Waals surface area contributed by atoms with Gasteiger partial charge in [0.2, 0.25) is 5.95 Å². The maximum Gasteiger partial charge on any atom is 0.490 e. The highest BCUT2D eigenvalue weighted by molar-refractivity contribution is 5.74. The van der Waals surface area contributed by atoms with Crippen LogP contribution in [0.15, 0.2) is 55.0 Å². The third-order valence-electron chi connectivity index (χ3n) is 5.70. The number of benzene rings is 1. The molecule has 4 heterocycles. The number of carboxylic acid groups (broad SMARTS) is 2. The molecule has 5 N–H and O–H groups in total. The van der Waals surface area contributed by atoms with Gasteiger partial charge in [-0.15, -0.1) is 0 Å². The lowest BCUT2D eigenvalue weighted by atomic mass is 10.1. The Bertz CT molecular complexity index is 1580. The number of carboxylic acids is 2. The summed E-state index contributed by atoms with van der Waals surface area (Å²) in [6.07, 6.45) is -4.17. The van der Waals surface area contributed by atoms with Gasteiger partial charge in [-0.3, -0.25) is 4.98 Å². The van der Waals surface area contributed by atoms with Crippen LogP contribution in [0.25, 0.3) is 16.8 Å². The van der Waals surface area contributed by atoms with Gasteiger partial charge in [-0.25, -0.2) is 23.4 Å². The predicted octanol–water partition coefficient (Wildman–Crippen LogP) is 4.62. The second-order valence-electron chi connectivity index (χ2n) is 8.85. The fourth-order valence-corrected chi connectivity index (χ4v) is 3.73. The van der Waals surface area contributed by atoms with Crippen LogP contribution in [0.5, 0.6) is 0 Å². The van der Waals surface area contributed by atoms with Crippen molar-refractivity contribution in [1.82, 2.24) is 19.6 Å². The van der Waals surface area contributed by atoms with Crippen LogP contribution in [0.1, 0.15) is 6.42 Å². The quantitative estimate of drug-likeness (QED) is 0.233. The molecule has 1 fully saturated rings. The standard InChI is InChI=1S/C21H19F2N7.2C2HF3O2/c22-15-2-1-3-16(23)20(15)17-5-4-14-10-26-21(30(14)28-17)27-18-11-25-8-6-19(18)29-9-7-13(24)12-29;2*3-2(4,5)1(6)7/h1-6,8,10-11,13H,7,9,12,24H2,(H,26,27);2*(H,6,7)/t13-;;/m0../s1. The van der Waals surface area contributed by atoms with Gasteiger partial charge in [0.25, 0.3) is 0 Å². The molecule has 1 saturated heterocycles. The number of carbonyl (C=O) groups is 2. The minimum atomic E-state index is -5.08. The zero-order valence-electron chi connectivity index (χ0n) is 21.9. The Morgan fingerprint density at radius 2 is 1.52 bits per heavy atom. The summed E-state index contributed by atoms with van der Waals surface area (Å²) >= 11 is 0. The molecule has 5 rings (SSSR count). The number of aromatic nitrogens is 4. The molecule has 0 radical (unpaired) electrons. The van der Waals surface area contributed by atoms with Gasteiger partial charge in [0.1, 0.15) is 11.6 Å². The maximum atomic E-state index is 14.2. The first-order valence-corrected chi connectivity index (χ1v) is 12.1. The second-order valence-corrected chi connectivity index (χ2v) is 8.85. The van der Waals surface area contributed by atoms with Crippen LogP contribution in [0.3, 0.4) is 0 Å². The van der Waals surface area contributed by atoms with Crippen LogP contribution in [-0.4, -0.2) is 73.2 Å². The lowest BCUT2D eigenvalue weighted by Crippen LogP contribution is -2.26. The van der Waals surface area contributed by atoms with Crippen LogP contribution < -0.4 is 16.0 Å². The van der Waals surface area contributed by atoms with Crippen LogP contribution in [0, 0.1) is 11.6 Å². The van der Waals surface area contributed by atoms with Gasteiger partial charge in [0.05, 0.1) is 40.5 Å². The summed E-state index contributed by atoms with van der Waals surface area (Å²) < 4.78 is 93.4. The Hall–Kier alpha value is -5.07. The van der Waals surface area contributed by atoms with Crippen molar-refractivity contribution >= 4 is 34.8 Å². The number of halogens is 8. The largest absolute Gasteiger partial charge is 0.490 e. The van der Waals surface area contributed by atoms with E-state index in [-0.39, 0.29) is 17.3 Å². The molecule has 19 heteroatoms. The number of fused-ring (bicyclic) bond motifs is 1. The third kappa shape index (κ3) is 8.49. The van der Waals surface area contributed by atoms with E-state index in [4.69, 9.17) is 25.5 Å². The number of imidazole rings is 1. The van der Waals surface area contributed by atoms with E-state index in [1.165, 1.54) is 22.7 Å². The molecule has 1 aliphatic heterocycles. The monoisotopic (exact) mass is 635 g/mol. The van der Waals surface area contributed by atoms with Crippen molar-refractivity contribution in [3.05, 3.63) is 66.6 Å². The van der Waals surface area contributed by atoms with Crippen molar-refractivity contribution in [2.75, 3.05) is 23.3 Å². The lowest BCUT2D eigenvalue weighted by molar-refractivity contribution is -0.193. The van der Waals surface area contributed by atoms with Crippen molar-refractivity contribution in [2.24, 2.45) is 5.73 Å². The molecule has 236 valence electrons. The Morgan fingerprint density at radius 1 is 0.932 bits per heavy atom. The van der Waals surface area contributed by atoms with Gasteiger partial charge in [0.15, 0.2) is 0 Å². The highest BCUT2D eigenvalue weighted by atomic mass is 19.4. The minimum Gasteiger partial charge on any atom is -0.475 e. The molecule has 1 aliphatic rings. The molecule has 3 aromatic heterocycles. The normalized spacial score (nSPS) is 14.8. The number of hydrogen-bond acceptors (Lipinski definition) is 8. The minimum absolute atomic E-state index is 0.137. The first-order valence-electron chi connectivity index (χ1n) is 12.1. The molecule has 0 unspecified atom stereocenters. The second kappa shape index (κ2) is 13.5. The molecule has 0 saturated carbocycles. The van der Waals surface area contributed by atoms with Crippen LogP contribution in [0.2, 0.25) is 0 Å². The molecular formula is C25H21F8N7O4. The Balaban J connectivity index is 0.000000317. The first kappa shape index (κ1) is 33.4. The van der Waals surface area contributed by atoms with E-state index in [1.54, 1.807) is 30.7 Å². The van der Waals surface area contributed by atoms with Gasteiger partial charge in [-0.05, 0) is 36.8 Å². The molecule has 11 nitrogen and oxygen atoms in total. The fourth-order valence-electron chi connectivity index (χ4n) is 3.73. The molecule has 0 amide bonds. The average molecular weight is 635 g/mol. The van der Waals surface area contributed by atoms with Gasteiger partial charge in [-0.1, -0.05) is 6.07 Å². The topological polar surface area (TPSA) is 159 Å². The molecule has 44 heavy (non-hydrogen) atoms. The van der Waals surface area contributed by atoms with E-state index >= 15 is 0 Å². The predicted molar refractivity (Wildman–Crippen MR) is 138 cm³/mol. The zero-order valence-corrected chi connectivity index (χ0v) is 21.9. The number of nitrogens with zero attached hydrogens (tertiary/aromatic N) is 5. The smallest absolute Gasteiger partial charge is 0.475 e. The van der Waals surface area contributed by atoms with Gasteiger partial charge in [-0.2, -0.15) is 36.0 Å². The number of nitrogens with one attached hydrogen (secondary N) is 1. The summed E-state index contributed by atoms with van der Waals surface area (Å²) in [6.45, 7) is 1.62. The number of pyridine rings is 1. The molecular weight excluding hydrogens is 614 g/mol. The van der Waals surface area contributed by atoms with E-state index in [9.17, 15) is 35.1 Å². The van der Waals surface area contributed by atoms with Gasteiger partial charge < -0.3 is 26.2 Å². The number of hydrogen-bond donors (Lipinski definition) is 4. The molecule has 1 atom stereocenters. The van der Waals surface area contributed by atoms with Crippen LogP contribution in [-0.2, 0) is 9.59 Å². The van der Waals surface area contributed by atoms with E-state index in [0.29, 0.717) is 11.5 Å². The van der Waals surface area contributed by atoms with Crippen molar-refractivity contribution in [2.45, 2.75) is 24.8 Å². The Morgan fingerprint density at radius 3 is 2.05 bits per heavy atom. The molecule has 0 aliphatic carbocycles. The maximum absolute atomic E-state index is 14.2. The molecule has 0 spiro atoms.